The van der Waals surface area contributed by atoms with E-state index in [-0.39, 0.29) is 24.0 Å². The number of halogens is 1. The second-order valence-corrected chi connectivity index (χ2v) is 6.49. The van der Waals surface area contributed by atoms with Crippen molar-refractivity contribution in [3.05, 3.63) is 47.7 Å². The second-order valence-electron chi connectivity index (χ2n) is 6.49. The van der Waals surface area contributed by atoms with Crippen molar-refractivity contribution >= 4 is 35.8 Å². The zero-order valence-electron chi connectivity index (χ0n) is 18.6. The first-order chi connectivity index (χ1) is 14.1. The number of hydrogen-bond donors (Lipinski definition) is 2. The van der Waals surface area contributed by atoms with Gasteiger partial charge in [-0.3, -0.25) is 4.99 Å². The molecule has 7 nitrogen and oxygen atoms in total. The van der Waals surface area contributed by atoms with Crippen molar-refractivity contribution < 1.29 is 9.47 Å². The Morgan fingerprint density at radius 1 is 1.00 bits per heavy atom. The van der Waals surface area contributed by atoms with Crippen molar-refractivity contribution in [2.24, 2.45) is 4.99 Å². The van der Waals surface area contributed by atoms with Gasteiger partial charge in [0.15, 0.2) is 17.5 Å². The van der Waals surface area contributed by atoms with Crippen molar-refractivity contribution in [2.75, 3.05) is 45.8 Å². The molecule has 0 unspecified atom stereocenters. The van der Waals surface area contributed by atoms with E-state index >= 15 is 0 Å². The first kappa shape index (κ1) is 25.8. The van der Waals surface area contributed by atoms with Gasteiger partial charge in [-0.25, -0.2) is 4.98 Å². The van der Waals surface area contributed by atoms with Crippen molar-refractivity contribution in [3.63, 3.8) is 0 Å². The average Bonchev–Trinajstić information content (AvgIpc) is 2.77. The van der Waals surface area contributed by atoms with Crippen LogP contribution in [0.3, 0.4) is 0 Å². The van der Waals surface area contributed by atoms with Gasteiger partial charge in [0.05, 0.1) is 14.2 Å². The van der Waals surface area contributed by atoms with Crippen LogP contribution in [0.15, 0.2) is 41.5 Å². The molecule has 0 atom stereocenters. The molecule has 2 N–H and O–H groups in total. The van der Waals surface area contributed by atoms with Crippen LogP contribution >= 0.6 is 24.0 Å². The van der Waals surface area contributed by atoms with Gasteiger partial charge < -0.3 is 25.0 Å². The van der Waals surface area contributed by atoms with E-state index in [4.69, 9.17) is 9.47 Å². The van der Waals surface area contributed by atoms with Gasteiger partial charge in [-0.2, -0.15) is 0 Å². The summed E-state index contributed by atoms with van der Waals surface area (Å²) in [6, 6.07) is 10.1. The van der Waals surface area contributed by atoms with E-state index < -0.39 is 0 Å². The molecule has 1 aromatic heterocycles. The zero-order chi connectivity index (χ0) is 21.1. The monoisotopic (exact) mass is 527 g/mol. The highest BCUT2D eigenvalue weighted by molar-refractivity contribution is 14.0. The third-order valence-electron chi connectivity index (χ3n) is 4.73. The average molecular weight is 527 g/mol. The summed E-state index contributed by atoms with van der Waals surface area (Å²) in [5.74, 6) is 3.25. The van der Waals surface area contributed by atoms with E-state index in [2.05, 4.69) is 51.5 Å². The lowest BCUT2D eigenvalue weighted by molar-refractivity contribution is 0.354. The number of aliphatic imine (C=N–C) groups is 1. The number of anilines is 1. The molecule has 8 heteroatoms. The minimum atomic E-state index is 0. The number of nitrogens with one attached hydrogen (secondary N) is 2. The highest BCUT2D eigenvalue weighted by Gasteiger charge is 2.06. The number of ether oxygens (including phenoxy) is 2. The second kappa shape index (κ2) is 13.9. The summed E-state index contributed by atoms with van der Waals surface area (Å²) in [6.45, 7) is 7.61. The number of methoxy groups -OCH3 is 2. The van der Waals surface area contributed by atoms with E-state index in [1.54, 1.807) is 21.3 Å². The Labute approximate surface area is 197 Å². The Kier molecular flexibility index (Phi) is 12.0. The van der Waals surface area contributed by atoms with Gasteiger partial charge in [0, 0.05) is 39.4 Å². The summed E-state index contributed by atoms with van der Waals surface area (Å²) in [4.78, 5) is 11.1. The normalized spacial score (nSPS) is 10.8. The topological polar surface area (TPSA) is 71.0 Å². The van der Waals surface area contributed by atoms with Crippen LogP contribution in [-0.2, 0) is 13.0 Å². The maximum atomic E-state index is 5.36. The van der Waals surface area contributed by atoms with Gasteiger partial charge in [-0.15, -0.1) is 24.0 Å². The summed E-state index contributed by atoms with van der Waals surface area (Å²) in [6.07, 6.45) is 2.76. The van der Waals surface area contributed by atoms with Gasteiger partial charge in [-0.05, 0) is 49.6 Å². The van der Waals surface area contributed by atoms with Crippen LogP contribution in [-0.4, -0.2) is 51.8 Å². The van der Waals surface area contributed by atoms with Gasteiger partial charge in [-0.1, -0.05) is 12.1 Å². The Morgan fingerprint density at radius 3 is 2.27 bits per heavy atom. The molecule has 0 spiro atoms. The molecule has 1 heterocycles. The number of aromatic nitrogens is 1. The number of nitrogens with zero attached hydrogens (tertiary/aromatic N) is 3. The summed E-state index contributed by atoms with van der Waals surface area (Å²) in [5.41, 5.74) is 2.28. The van der Waals surface area contributed by atoms with Gasteiger partial charge in [0.1, 0.15) is 5.82 Å². The van der Waals surface area contributed by atoms with Crippen LogP contribution < -0.4 is 25.0 Å². The molecule has 0 saturated heterocycles. The largest absolute Gasteiger partial charge is 0.493 e. The number of benzene rings is 1. The fourth-order valence-electron chi connectivity index (χ4n) is 3.02. The molecular formula is C22H34IN5O2. The number of hydrogen-bond acceptors (Lipinski definition) is 5. The number of rotatable bonds is 10. The third kappa shape index (κ3) is 7.55. The maximum Gasteiger partial charge on any atom is 0.191 e. The van der Waals surface area contributed by atoms with Gasteiger partial charge in [0.2, 0.25) is 0 Å². The molecule has 30 heavy (non-hydrogen) atoms. The summed E-state index contributed by atoms with van der Waals surface area (Å²) < 4.78 is 10.6. The minimum absolute atomic E-state index is 0. The third-order valence-corrected chi connectivity index (χ3v) is 4.73. The highest BCUT2D eigenvalue weighted by Crippen LogP contribution is 2.27. The first-order valence-corrected chi connectivity index (χ1v) is 10.00. The van der Waals surface area contributed by atoms with E-state index in [9.17, 15) is 0 Å². The summed E-state index contributed by atoms with van der Waals surface area (Å²) >= 11 is 0. The fourth-order valence-corrected chi connectivity index (χ4v) is 3.02. The molecule has 166 valence electrons. The lowest BCUT2D eigenvalue weighted by Crippen LogP contribution is -2.37. The van der Waals surface area contributed by atoms with E-state index in [0.717, 1.165) is 54.9 Å². The van der Waals surface area contributed by atoms with Crippen LogP contribution in [0.1, 0.15) is 25.0 Å². The van der Waals surface area contributed by atoms with E-state index in [1.165, 1.54) is 5.56 Å². The van der Waals surface area contributed by atoms with Crippen molar-refractivity contribution in [2.45, 2.75) is 26.8 Å². The van der Waals surface area contributed by atoms with E-state index in [0.29, 0.717) is 6.54 Å². The first-order valence-electron chi connectivity index (χ1n) is 10.00. The highest BCUT2D eigenvalue weighted by atomic mass is 127. The standard InChI is InChI=1S/C22H33N5O2.HI/c1-6-27(7-2)21-11-9-18(15-25-21)16-26-22(23-3)24-13-12-17-8-10-19(28-4)20(14-17)29-5;/h8-11,14-15H,6-7,12-13,16H2,1-5H3,(H2,23,24,26);1H. The lowest BCUT2D eigenvalue weighted by atomic mass is 10.1. The molecule has 2 aromatic rings. The van der Waals surface area contributed by atoms with Crippen molar-refractivity contribution in [1.29, 1.82) is 0 Å². The molecule has 0 saturated carbocycles. The summed E-state index contributed by atoms with van der Waals surface area (Å²) in [5, 5.41) is 6.67. The molecule has 1 aromatic carbocycles. The zero-order valence-corrected chi connectivity index (χ0v) is 20.9. The summed E-state index contributed by atoms with van der Waals surface area (Å²) in [7, 11) is 5.06. The smallest absolute Gasteiger partial charge is 0.191 e. The Hall–Kier alpha value is -2.23. The Bertz CT molecular complexity index is 780. The molecule has 0 amide bonds. The van der Waals surface area contributed by atoms with E-state index in [1.807, 2.05) is 24.4 Å². The lowest BCUT2D eigenvalue weighted by Gasteiger charge is -2.19. The van der Waals surface area contributed by atoms with Gasteiger partial charge in [0.25, 0.3) is 0 Å². The molecule has 0 bridgehead atoms. The van der Waals surface area contributed by atoms with Crippen LogP contribution in [0.25, 0.3) is 0 Å². The molecule has 0 aliphatic heterocycles. The Morgan fingerprint density at radius 2 is 1.70 bits per heavy atom. The molecular weight excluding hydrogens is 493 g/mol. The van der Waals surface area contributed by atoms with Crippen molar-refractivity contribution in [1.82, 2.24) is 15.6 Å². The van der Waals surface area contributed by atoms with Crippen LogP contribution in [0.2, 0.25) is 0 Å². The van der Waals surface area contributed by atoms with Crippen LogP contribution in [0.5, 0.6) is 11.5 Å². The molecule has 0 radical (unpaired) electrons. The quantitative estimate of drug-likeness (QED) is 0.280. The SMILES string of the molecule is CCN(CC)c1ccc(CNC(=NC)NCCc2ccc(OC)c(OC)c2)cn1.I. The minimum Gasteiger partial charge on any atom is -0.493 e. The predicted octanol–water partition coefficient (Wildman–Crippen LogP) is 3.47. The molecule has 0 aliphatic rings. The van der Waals surface area contributed by atoms with Crippen LogP contribution in [0.4, 0.5) is 5.82 Å². The number of guanidine groups is 1. The van der Waals surface area contributed by atoms with Crippen molar-refractivity contribution in [3.8, 4) is 11.5 Å². The maximum absolute atomic E-state index is 5.36. The predicted molar refractivity (Wildman–Crippen MR) is 135 cm³/mol. The fraction of sp³-hybridized carbons (Fsp3) is 0.455. The molecule has 0 fully saturated rings. The molecule has 0 aliphatic carbocycles. The Balaban J connectivity index is 0.00000450. The molecule has 2 rings (SSSR count). The van der Waals surface area contributed by atoms with Crippen LogP contribution in [0, 0.1) is 0 Å². The van der Waals surface area contributed by atoms with Gasteiger partial charge >= 0.3 is 0 Å². The number of pyridine rings is 1.